The second-order valence-electron chi connectivity index (χ2n) is 4.59. The van der Waals surface area contributed by atoms with E-state index >= 15 is 0 Å². The minimum absolute atomic E-state index is 0.717. The van der Waals surface area contributed by atoms with Crippen molar-refractivity contribution in [2.45, 2.75) is 13.1 Å². The predicted octanol–water partition coefficient (Wildman–Crippen LogP) is 3.63. The fraction of sp³-hybridized carbons (Fsp3) is 0.118. The van der Waals surface area contributed by atoms with Crippen molar-refractivity contribution in [2.24, 2.45) is 0 Å². The summed E-state index contributed by atoms with van der Waals surface area (Å²) in [6.45, 7) is 1.53. The molecular weight excluding hydrogens is 248 g/mol. The van der Waals surface area contributed by atoms with Gasteiger partial charge in [-0.2, -0.15) is 0 Å². The topological polar surface area (TPSA) is 38.1 Å². The highest BCUT2D eigenvalue weighted by Gasteiger charge is 2.03. The number of nitrogens with zero attached hydrogens (tertiary/aromatic N) is 1. The lowest BCUT2D eigenvalue weighted by Crippen LogP contribution is -2.11. The smallest absolute Gasteiger partial charge is 0.134 e. The number of rotatable bonds is 5. The van der Waals surface area contributed by atoms with E-state index in [-0.39, 0.29) is 0 Å². The molecule has 3 rings (SSSR count). The molecule has 0 radical (unpaired) electrons. The molecule has 0 aliphatic rings. The van der Waals surface area contributed by atoms with Crippen molar-refractivity contribution in [3.05, 3.63) is 78.3 Å². The SMILES string of the molecule is c1ccc(-c2ccc(CNCc3ccncc3)o2)cc1. The molecule has 0 amide bonds. The van der Waals surface area contributed by atoms with Gasteiger partial charge in [-0.1, -0.05) is 30.3 Å². The summed E-state index contributed by atoms with van der Waals surface area (Å²) in [5.74, 6) is 1.85. The summed E-state index contributed by atoms with van der Waals surface area (Å²) in [5, 5.41) is 3.36. The van der Waals surface area contributed by atoms with Gasteiger partial charge in [0.2, 0.25) is 0 Å². The highest BCUT2D eigenvalue weighted by Crippen LogP contribution is 2.21. The normalized spacial score (nSPS) is 10.6. The average molecular weight is 264 g/mol. The van der Waals surface area contributed by atoms with E-state index in [0.29, 0.717) is 0 Å². The van der Waals surface area contributed by atoms with Crippen molar-refractivity contribution in [3.8, 4) is 11.3 Å². The Morgan fingerprint density at radius 2 is 1.65 bits per heavy atom. The Balaban J connectivity index is 1.58. The van der Waals surface area contributed by atoms with E-state index in [1.807, 2.05) is 54.6 Å². The number of pyridine rings is 1. The molecule has 0 saturated carbocycles. The number of aromatic nitrogens is 1. The minimum atomic E-state index is 0.717. The van der Waals surface area contributed by atoms with Gasteiger partial charge in [0.1, 0.15) is 11.5 Å². The molecule has 3 aromatic rings. The van der Waals surface area contributed by atoms with Crippen LogP contribution < -0.4 is 5.32 Å². The van der Waals surface area contributed by atoms with Gasteiger partial charge in [-0.25, -0.2) is 0 Å². The van der Waals surface area contributed by atoms with Crippen LogP contribution in [0.15, 0.2) is 71.4 Å². The molecule has 0 spiro atoms. The molecule has 20 heavy (non-hydrogen) atoms. The highest BCUT2D eigenvalue weighted by atomic mass is 16.3. The third-order valence-corrected chi connectivity index (χ3v) is 3.10. The lowest BCUT2D eigenvalue weighted by atomic mass is 10.2. The van der Waals surface area contributed by atoms with E-state index in [1.165, 1.54) is 5.56 Å². The molecule has 3 nitrogen and oxygen atoms in total. The van der Waals surface area contributed by atoms with E-state index in [9.17, 15) is 0 Å². The Morgan fingerprint density at radius 3 is 2.45 bits per heavy atom. The Bertz CT molecular complexity index is 647. The van der Waals surface area contributed by atoms with Gasteiger partial charge in [-0.3, -0.25) is 4.98 Å². The van der Waals surface area contributed by atoms with Crippen LogP contribution in [-0.4, -0.2) is 4.98 Å². The quantitative estimate of drug-likeness (QED) is 0.764. The first-order chi connectivity index (χ1) is 9.92. The maximum atomic E-state index is 5.83. The average Bonchev–Trinajstić information content (AvgIpc) is 2.98. The molecule has 0 bridgehead atoms. The van der Waals surface area contributed by atoms with E-state index in [2.05, 4.69) is 10.3 Å². The lowest BCUT2D eigenvalue weighted by molar-refractivity contribution is 0.493. The van der Waals surface area contributed by atoms with Crippen molar-refractivity contribution in [3.63, 3.8) is 0 Å². The zero-order valence-corrected chi connectivity index (χ0v) is 11.1. The first-order valence-electron chi connectivity index (χ1n) is 6.65. The van der Waals surface area contributed by atoms with Crippen LogP contribution in [0.2, 0.25) is 0 Å². The number of nitrogens with one attached hydrogen (secondary N) is 1. The van der Waals surface area contributed by atoms with E-state index < -0.39 is 0 Å². The van der Waals surface area contributed by atoms with Crippen LogP contribution in [0.1, 0.15) is 11.3 Å². The van der Waals surface area contributed by atoms with Crippen LogP contribution in [0.25, 0.3) is 11.3 Å². The molecule has 0 aliphatic heterocycles. The Labute approximate surface area is 118 Å². The second kappa shape index (κ2) is 6.17. The van der Waals surface area contributed by atoms with Gasteiger partial charge in [-0.05, 0) is 29.8 Å². The van der Waals surface area contributed by atoms with Gasteiger partial charge in [0, 0.05) is 24.5 Å². The minimum Gasteiger partial charge on any atom is -0.460 e. The molecule has 0 unspecified atom stereocenters. The third kappa shape index (κ3) is 3.13. The fourth-order valence-corrected chi connectivity index (χ4v) is 2.06. The summed E-state index contributed by atoms with van der Waals surface area (Å²) in [6.07, 6.45) is 3.61. The second-order valence-corrected chi connectivity index (χ2v) is 4.59. The first-order valence-corrected chi connectivity index (χ1v) is 6.65. The standard InChI is InChI=1S/C17H16N2O/c1-2-4-15(5-3-1)17-7-6-16(20-17)13-19-12-14-8-10-18-11-9-14/h1-11,19H,12-13H2. The summed E-state index contributed by atoms with van der Waals surface area (Å²) in [6, 6.07) is 18.2. The number of hydrogen-bond acceptors (Lipinski definition) is 3. The summed E-state index contributed by atoms with van der Waals surface area (Å²) in [7, 11) is 0. The van der Waals surface area contributed by atoms with E-state index in [0.717, 1.165) is 30.2 Å². The van der Waals surface area contributed by atoms with E-state index in [1.54, 1.807) is 12.4 Å². The van der Waals surface area contributed by atoms with Gasteiger partial charge in [0.25, 0.3) is 0 Å². The third-order valence-electron chi connectivity index (χ3n) is 3.10. The largest absolute Gasteiger partial charge is 0.460 e. The number of benzene rings is 1. The summed E-state index contributed by atoms with van der Waals surface area (Å²) >= 11 is 0. The first kappa shape index (κ1) is 12.6. The molecule has 100 valence electrons. The maximum Gasteiger partial charge on any atom is 0.134 e. The monoisotopic (exact) mass is 264 g/mol. The Kier molecular flexibility index (Phi) is 3.90. The highest BCUT2D eigenvalue weighted by molar-refractivity contribution is 5.57. The molecule has 0 fully saturated rings. The van der Waals surface area contributed by atoms with Crippen LogP contribution in [0.3, 0.4) is 0 Å². The van der Waals surface area contributed by atoms with Crippen LogP contribution in [0.5, 0.6) is 0 Å². The van der Waals surface area contributed by atoms with E-state index in [4.69, 9.17) is 4.42 Å². The zero-order valence-electron chi connectivity index (χ0n) is 11.1. The molecule has 1 aromatic carbocycles. The zero-order chi connectivity index (χ0) is 13.6. The molecule has 0 saturated heterocycles. The number of hydrogen-bond donors (Lipinski definition) is 1. The van der Waals surface area contributed by atoms with Gasteiger partial charge in [0.05, 0.1) is 6.54 Å². The molecule has 2 aromatic heterocycles. The van der Waals surface area contributed by atoms with Crippen LogP contribution >= 0.6 is 0 Å². The number of furan rings is 1. The fourth-order valence-electron chi connectivity index (χ4n) is 2.06. The van der Waals surface area contributed by atoms with Crippen molar-refractivity contribution in [1.82, 2.24) is 10.3 Å². The molecule has 3 heteroatoms. The van der Waals surface area contributed by atoms with Crippen molar-refractivity contribution < 1.29 is 4.42 Å². The summed E-state index contributed by atoms with van der Waals surface area (Å²) in [4.78, 5) is 4.00. The van der Waals surface area contributed by atoms with Gasteiger partial charge < -0.3 is 9.73 Å². The summed E-state index contributed by atoms with van der Waals surface area (Å²) in [5.41, 5.74) is 2.32. The molecule has 1 N–H and O–H groups in total. The van der Waals surface area contributed by atoms with Crippen molar-refractivity contribution >= 4 is 0 Å². The van der Waals surface area contributed by atoms with Gasteiger partial charge >= 0.3 is 0 Å². The Morgan fingerprint density at radius 1 is 0.850 bits per heavy atom. The Hall–Kier alpha value is -2.39. The molecular formula is C17H16N2O. The maximum absolute atomic E-state index is 5.83. The lowest BCUT2D eigenvalue weighted by Gasteiger charge is -2.02. The van der Waals surface area contributed by atoms with Crippen LogP contribution in [0.4, 0.5) is 0 Å². The molecule has 0 aliphatic carbocycles. The summed E-state index contributed by atoms with van der Waals surface area (Å²) < 4.78 is 5.83. The predicted molar refractivity (Wildman–Crippen MR) is 78.9 cm³/mol. The van der Waals surface area contributed by atoms with Crippen molar-refractivity contribution in [1.29, 1.82) is 0 Å². The van der Waals surface area contributed by atoms with Gasteiger partial charge in [0.15, 0.2) is 0 Å². The van der Waals surface area contributed by atoms with Crippen molar-refractivity contribution in [2.75, 3.05) is 0 Å². The molecule has 2 heterocycles. The molecule has 0 atom stereocenters. The van der Waals surface area contributed by atoms with Gasteiger partial charge in [-0.15, -0.1) is 0 Å². The van der Waals surface area contributed by atoms with Crippen LogP contribution in [0, 0.1) is 0 Å². The van der Waals surface area contributed by atoms with Crippen LogP contribution in [-0.2, 0) is 13.1 Å².